The normalized spacial score (nSPS) is 17.1. The second kappa shape index (κ2) is 9.72. The molecule has 40 heavy (non-hydrogen) atoms. The van der Waals surface area contributed by atoms with Crippen molar-refractivity contribution in [2.45, 2.75) is 38.0 Å². The maximum atomic E-state index is 15.6. The SMILES string of the molecule is COc1cc(-c2cn(C[C@]3(c4cc(C(C)(C)O)c(F)c(-c5ccc(F)cc5)n4)CCO3)nn2)cc2cccnc12. The van der Waals surface area contributed by atoms with Crippen LogP contribution in [0.4, 0.5) is 8.78 Å². The Hall–Kier alpha value is -4.28. The fourth-order valence-electron chi connectivity index (χ4n) is 5.00. The first-order chi connectivity index (χ1) is 19.2. The summed E-state index contributed by atoms with van der Waals surface area (Å²) < 4.78 is 42.5. The van der Waals surface area contributed by atoms with Crippen molar-refractivity contribution in [2.75, 3.05) is 13.7 Å². The number of hydrogen-bond acceptors (Lipinski definition) is 7. The summed E-state index contributed by atoms with van der Waals surface area (Å²) in [7, 11) is 1.60. The maximum absolute atomic E-state index is 15.6. The van der Waals surface area contributed by atoms with Crippen LogP contribution in [0.15, 0.2) is 67.0 Å². The Morgan fingerprint density at radius 2 is 1.88 bits per heavy atom. The number of pyridine rings is 2. The number of rotatable bonds is 7. The van der Waals surface area contributed by atoms with Crippen LogP contribution in [-0.4, -0.2) is 43.8 Å². The molecule has 1 saturated heterocycles. The molecule has 5 aromatic rings. The lowest BCUT2D eigenvalue weighted by molar-refractivity contribution is -0.167. The largest absolute Gasteiger partial charge is 0.494 e. The van der Waals surface area contributed by atoms with Gasteiger partial charge in [-0.25, -0.2) is 18.4 Å². The molecule has 8 nitrogen and oxygen atoms in total. The molecule has 2 aromatic carbocycles. The van der Waals surface area contributed by atoms with Crippen molar-refractivity contribution >= 4 is 10.9 Å². The highest BCUT2D eigenvalue weighted by atomic mass is 19.1. The van der Waals surface area contributed by atoms with E-state index in [1.165, 1.54) is 38.1 Å². The molecular formula is C30H27F2N5O3. The van der Waals surface area contributed by atoms with Crippen LogP contribution in [0, 0.1) is 11.6 Å². The minimum atomic E-state index is -1.49. The number of methoxy groups -OCH3 is 1. The van der Waals surface area contributed by atoms with Crippen molar-refractivity contribution < 1.29 is 23.4 Å². The Bertz CT molecular complexity index is 1710. The van der Waals surface area contributed by atoms with Crippen molar-refractivity contribution in [3.8, 4) is 28.3 Å². The van der Waals surface area contributed by atoms with E-state index in [9.17, 15) is 9.50 Å². The highest BCUT2D eigenvalue weighted by Crippen LogP contribution is 2.42. The summed E-state index contributed by atoms with van der Waals surface area (Å²) in [6.07, 6.45) is 4.12. The summed E-state index contributed by atoms with van der Waals surface area (Å²) >= 11 is 0. The lowest BCUT2D eigenvalue weighted by Gasteiger charge is -2.41. The lowest BCUT2D eigenvalue weighted by atomic mass is 9.86. The highest BCUT2D eigenvalue weighted by molar-refractivity contribution is 5.89. The molecule has 3 aromatic heterocycles. The number of halogens is 2. The zero-order valence-corrected chi connectivity index (χ0v) is 22.2. The fraction of sp³-hybridized carbons (Fsp3) is 0.267. The molecule has 0 unspecified atom stereocenters. The zero-order chi connectivity index (χ0) is 28.1. The van der Waals surface area contributed by atoms with Crippen LogP contribution in [-0.2, 0) is 22.5 Å². The smallest absolute Gasteiger partial charge is 0.155 e. The van der Waals surface area contributed by atoms with Gasteiger partial charge in [0.1, 0.15) is 34.1 Å². The monoisotopic (exact) mass is 543 g/mol. The molecule has 1 aliphatic heterocycles. The van der Waals surface area contributed by atoms with Gasteiger partial charge >= 0.3 is 0 Å². The summed E-state index contributed by atoms with van der Waals surface area (Å²) in [4.78, 5) is 9.04. The van der Waals surface area contributed by atoms with Gasteiger partial charge in [-0.1, -0.05) is 11.3 Å². The molecule has 1 N–H and O–H groups in total. The van der Waals surface area contributed by atoms with Gasteiger partial charge in [0, 0.05) is 34.7 Å². The van der Waals surface area contributed by atoms with E-state index in [1.54, 1.807) is 24.1 Å². The fourth-order valence-corrected chi connectivity index (χ4v) is 5.00. The van der Waals surface area contributed by atoms with Crippen LogP contribution in [0.1, 0.15) is 31.5 Å². The predicted molar refractivity (Wildman–Crippen MR) is 144 cm³/mol. The molecule has 1 fully saturated rings. The van der Waals surface area contributed by atoms with E-state index in [2.05, 4.69) is 20.3 Å². The molecule has 204 valence electrons. The average Bonchev–Trinajstić information content (AvgIpc) is 3.39. The summed E-state index contributed by atoms with van der Waals surface area (Å²) in [5.74, 6) is -0.478. The number of aliphatic hydroxyl groups is 1. The molecule has 4 heterocycles. The van der Waals surface area contributed by atoms with Crippen molar-refractivity contribution in [1.82, 2.24) is 25.0 Å². The van der Waals surface area contributed by atoms with E-state index in [-0.39, 0.29) is 17.8 Å². The number of ether oxygens (including phenoxy) is 2. The number of hydrogen-bond donors (Lipinski definition) is 1. The third-order valence-corrected chi connectivity index (χ3v) is 7.23. The Labute approximate surface area is 229 Å². The van der Waals surface area contributed by atoms with E-state index in [0.29, 0.717) is 35.7 Å². The third kappa shape index (κ3) is 4.59. The molecule has 0 saturated carbocycles. The van der Waals surface area contributed by atoms with Gasteiger partial charge in [-0.05, 0) is 62.4 Å². The minimum absolute atomic E-state index is 0.0145. The first-order valence-corrected chi connectivity index (χ1v) is 12.8. The Morgan fingerprint density at radius 1 is 1.10 bits per heavy atom. The van der Waals surface area contributed by atoms with Crippen LogP contribution >= 0.6 is 0 Å². The van der Waals surface area contributed by atoms with Crippen molar-refractivity contribution in [2.24, 2.45) is 0 Å². The standard InChI is InChI=1S/C30H27F2N5O3/c1-29(2,38)22-15-25(34-28(26(22)32)18-6-8-21(31)9-7-18)30(10-12-40-30)17-37-16-23(35-36-37)20-13-19-5-4-11-33-27(19)24(14-20)39-3/h4-9,11,13-16,38H,10,12,17H2,1-3H3/t30-/m0/s1. The molecule has 1 atom stereocenters. The van der Waals surface area contributed by atoms with Crippen LogP contribution < -0.4 is 4.74 Å². The van der Waals surface area contributed by atoms with Crippen molar-refractivity contribution in [3.63, 3.8) is 0 Å². The van der Waals surface area contributed by atoms with E-state index in [4.69, 9.17) is 9.47 Å². The summed E-state index contributed by atoms with van der Waals surface area (Å²) in [5.41, 5.74) is 0.721. The minimum Gasteiger partial charge on any atom is -0.494 e. The molecule has 10 heteroatoms. The van der Waals surface area contributed by atoms with Gasteiger partial charge in [-0.3, -0.25) is 4.98 Å². The van der Waals surface area contributed by atoms with Crippen LogP contribution in [0.3, 0.4) is 0 Å². The molecule has 0 aliphatic carbocycles. The third-order valence-electron chi connectivity index (χ3n) is 7.23. The molecule has 1 aliphatic rings. The lowest BCUT2D eigenvalue weighted by Crippen LogP contribution is -2.45. The topological polar surface area (TPSA) is 95.2 Å². The van der Waals surface area contributed by atoms with Gasteiger partial charge in [0.15, 0.2) is 5.82 Å². The highest BCUT2D eigenvalue weighted by Gasteiger charge is 2.44. The van der Waals surface area contributed by atoms with Crippen molar-refractivity contribution in [1.29, 1.82) is 0 Å². The van der Waals surface area contributed by atoms with Gasteiger partial charge in [-0.2, -0.15) is 0 Å². The van der Waals surface area contributed by atoms with Gasteiger partial charge < -0.3 is 14.6 Å². The first kappa shape index (κ1) is 26.0. The number of fused-ring (bicyclic) bond motifs is 1. The number of aromatic nitrogens is 5. The quantitative estimate of drug-likeness (QED) is 0.294. The van der Waals surface area contributed by atoms with Gasteiger partial charge in [0.25, 0.3) is 0 Å². The van der Waals surface area contributed by atoms with E-state index < -0.39 is 22.8 Å². The molecule has 0 bridgehead atoms. The molecule has 0 radical (unpaired) electrons. The molecule has 0 spiro atoms. The maximum Gasteiger partial charge on any atom is 0.155 e. The van der Waals surface area contributed by atoms with Gasteiger partial charge in [-0.15, -0.1) is 5.10 Å². The zero-order valence-electron chi connectivity index (χ0n) is 22.2. The van der Waals surface area contributed by atoms with E-state index in [1.807, 2.05) is 30.5 Å². The molecule has 0 amide bonds. The predicted octanol–water partition coefficient (Wildman–Crippen LogP) is 5.39. The van der Waals surface area contributed by atoms with E-state index in [0.717, 1.165) is 16.5 Å². The second-order valence-corrected chi connectivity index (χ2v) is 10.4. The Kier molecular flexibility index (Phi) is 6.31. The Balaban J connectivity index is 1.39. The average molecular weight is 544 g/mol. The second-order valence-electron chi connectivity index (χ2n) is 10.4. The van der Waals surface area contributed by atoms with Crippen LogP contribution in [0.5, 0.6) is 5.75 Å². The number of nitrogens with zero attached hydrogens (tertiary/aromatic N) is 5. The summed E-state index contributed by atoms with van der Waals surface area (Å²) in [5, 5.41) is 20.4. The van der Waals surface area contributed by atoms with E-state index >= 15 is 4.39 Å². The van der Waals surface area contributed by atoms with Gasteiger partial charge in [0.05, 0.1) is 37.8 Å². The van der Waals surface area contributed by atoms with Gasteiger partial charge in [0.2, 0.25) is 0 Å². The van der Waals surface area contributed by atoms with Crippen LogP contribution in [0.2, 0.25) is 0 Å². The molecule has 6 rings (SSSR count). The first-order valence-electron chi connectivity index (χ1n) is 12.8. The Morgan fingerprint density at radius 3 is 2.55 bits per heavy atom. The van der Waals surface area contributed by atoms with Crippen molar-refractivity contribution in [3.05, 3.63) is 89.9 Å². The van der Waals surface area contributed by atoms with Crippen LogP contribution in [0.25, 0.3) is 33.4 Å². The number of benzene rings is 2. The summed E-state index contributed by atoms with van der Waals surface area (Å²) in [6, 6.07) is 14.6. The summed E-state index contributed by atoms with van der Waals surface area (Å²) in [6.45, 7) is 3.77. The molecular weight excluding hydrogens is 516 g/mol.